The lowest BCUT2D eigenvalue weighted by atomic mass is 10.0. The molecule has 3 aromatic carbocycles. The number of benzodiazepines with no additional fused rings is 1. The number of aliphatic imine (C=N–C) groups is 1. The normalized spacial score (nSPS) is 15.2. The Bertz CT molecular complexity index is 1710. The van der Waals surface area contributed by atoms with Gasteiger partial charge in [-0.3, -0.25) is 29.1 Å². The minimum Gasteiger partial charge on any atom is -0.345 e. The van der Waals surface area contributed by atoms with Gasteiger partial charge in [0.2, 0.25) is 12.1 Å². The van der Waals surface area contributed by atoms with Crippen LogP contribution in [0.4, 0.5) is 5.69 Å². The van der Waals surface area contributed by atoms with Gasteiger partial charge in [-0.2, -0.15) is 0 Å². The first kappa shape index (κ1) is 28.0. The first-order valence-electron chi connectivity index (χ1n) is 13.3. The average molecular weight is 562 g/mol. The number of aromatic nitrogens is 1. The second-order valence-corrected chi connectivity index (χ2v) is 9.76. The fourth-order valence-electron chi connectivity index (χ4n) is 4.84. The molecule has 0 radical (unpaired) electrons. The molecule has 0 bridgehead atoms. The third-order valence-electron chi connectivity index (χ3n) is 6.73. The predicted octanol–water partition coefficient (Wildman–Crippen LogP) is 2.84. The summed E-state index contributed by atoms with van der Waals surface area (Å²) < 4.78 is 0. The van der Waals surface area contributed by atoms with E-state index in [0.29, 0.717) is 34.2 Å². The maximum atomic E-state index is 14.1. The smallest absolute Gasteiger partial charge is 0.272 e. The number of carbonyl (C=O) groups is 5. The number of benzene rings is 3. The van der Waals surface area contributed by atoms with Gasteiger partial charge in [0.05, 0.1) is 17.4 Å². The van der Waals surface area contributed by atoms with Crippen LogP contribution in [0.15, 0.2) is 96.1 Å². The van der Waals surface area contributed by atoms with Crippen LogP contribution < -0.4 is 15.5 Å². The molecule has 1 aliphatic rings. The first-order chi connectivity index (χ1) is 20.4. The number of Topliss-reactive ketones (excluding diaryl/α,β-unsaturated/α-hetero) is 1. The zero-order chi connectivity index (χ0) is 29.6. The highest BCUT2D eigenvalue weighted by molar-refractivity contribution is 6.21. The monoisotopic (exact) mass is 561 g/mol. The molecular weight excluding hydrogens is 534 g/mol. The molecule has 1 aliphatic heterocycles. The van der Waals surface area contributed by atoms with Gasteiger partial charge in [0.15, 0.2) is 0 Å². The van der Waals surface area contributed by atoms with Gasteiger partial charge in [0.25, 0.3) is 11.8 Å². The molecular formula is C32H27N5O5. The molecule has 2 heterocycles. The lowest BCUT2D eigenvalue weighted by Gasteiger charge is -2.25. The number of anilines is 1. The lowest BCUT2D eigenvalue weighted by Crippen LogP contribution is -2.51. The van der Waals surface area contributed by atoms with Gasteiger partial charge in [-0.05, 0) is 24.4 Å². The van der Waals surface area contributed by atoms with E-state index in [-0.39, 0.29) is 17.9 Å². The summed E-state index contributed by atoms with van der Waals surface area (Å²) in [5, 5.41) is 6.64. The van der Waals surface area contributed by atoms with Crippen LogP contribution in [-0.4, -0.2) is 59.2 Å². The van der Waals surface area contributed by atoms with E-state index in [2.05, 4.69) is 15.6 Å². The first-order valence-corrected chi connectivity index (χ1v) is 13.3. The molecule has 1 unspecified atom stereocenters. The molecule has 10 nitrogen and oxygen atoms in total. The molecule has 42 heavy (non-hydrogen) atoms. The van der Waals surface area contributed by atoms with Gasteiger partial charge >= 0.3 is 0 Å². The quantitative estimate of drug-likeness (QED) is 0.302. The second-order valence-electron chi connectivity index (χ2n) is 9.76. The van der Waals surface area contributed by atoms with Crippen molar-refractivity contribution in [3.05, 3.63) is 108 Å². The number of carbonyl (C=O) groups excluding carboxylic acids is 5. The molecule has 1 aromatic heterocycles. The predicted molar refractivity (Wildman–Crippen MR) is 157 cm³/mol. The molecule has 0 saturated carbocycles. The molecule has 0 spiro atoms. The minimum absolute atomic E-state index is 0.126. The summed E-state index contributed by atoms with van der Waals surface area (Å²) in [6.07, 6.45) is 0.418. The van der Waals surface area contributed by atoms with Crippen molar-refractivity contribution in [3.63, 3.8) is 0 Å². The highest BCUT2D eigenvalue weighted by atomic mass is 16.2. The summed E-state index contributed by atoms with van der Waals surface area (Å²) in [6, 6.07) is 24.2. The Morgan fingerprint density at radius 1 is 0.952 bits per heavy atom. The number of amides is 3. The molecule has 2 atom stereocenters. The van der Waals surface area contributed by atoms with E-state index in [4.69, 9.17) is 4.99 Å². The van der Waals surface area contributed by atoms with Crippen molar-refractivity contribution in [2.45, 2.75) is 25.6 Å². The Balaban J connectivity index is 1.55. The van der Waals surface area contributed by atoms with Crippen molar-refractivity contribution >= 4 is 52.0 Å². The number of hydrogen-bond donors (Lipinski definition) is 2. The number of hydrogen-bond acceptors (Lipinski definition) is 7. The number of nitrogens with one attached hydrogen (secondary N) is 2. The highest BCUT2D eigenvalue weighted by Gasteiger charge is 2.35. The van der Waals surface area contributed by atoms with E-state index in [1.165, 1.54) is 18.0 Å². The minimum atomic E-state index is -1.41. The van der Waals surface area contributed by atoms with Crippen LogP contribution in [0.25, 0.3) is 10.8 Å². The zero-order valence-electron chi connectivity index (χ0n) is 22.7. The van der Waals surface area contributed by atoms with Gasteiger partial charge in [0, 0.05) is 29.1 Å². The summed E-state index contributed by atoms with van der Waals surface area (Å²) in [5.74, 6) is -2.19. The summed E-state index contributed by atoms with van der Waals surface area (Å²) in [4.78, 5) is 73.9. The van der Waals surface area contributed by atoms with E-state index in [1.807, 2.05) is 42.5 Å². The largest absolute Gasteiger partial charge is 0.345 e. The number of nitrogens with zero attached hydrogens (tertiary/aromatic N) is 3. The topological polar surface area (TPSA) is 138 Å². The standard InChI is InChI=1S/C32H27N5O5/c1-20(39)17-23(19-38)34-27(40)18-37-26-14-8-7-13-25(26)28(22-10-3-2-4-11-22)35-30(32(37)42)36-31(41)29-24-12-6-5-9-21(24)15-16-33-29/h2-16,19,23,30H,17-18H2,1H3,(H,34,40)(H,36,41)/t23-,30?/m0/s1. The van der Waals surface area contributed by atoms with Crippen LogP contribution in [0.2, 0.25) is 0 Å². The SMILES string of the molecule is CC(=O)C[C@@H](C=O)NC(=O)CN1C(=O)C(NC(=O)c2nccc3ccccc23)N=C(c2ccccc2)c2ccccc21. The number of pyridine rings is 1. The number of rotatable bonds is 9. The van der Waals surface area contributed by atoms with Crippen molar-refractivity contribution in [1.29, 1.82) is 0 Å². The van der Waals surface area contributed by atoms with E-state index in [1.54, 1.807) is 42.5 Å². The molecule has 10 heteroatoms. The van der Waals surface area contributed by atoms with Gasteiger partial charge in [0.1, 0.15) is 24.3 Å². The Morgan fingerprint density at radius 3 is 2.43 bits per heavy atom. The number of aldehydes is 1. The van der Waals surface area contributed by atoms with Crippen molar-refractivity contribution in [2.24, 2.45) is 4.99 Å². The summed E-state index contributed by atoms with van der Waals surface area (Å²) >= 11 is 0. The average Bonchev–Trinajstić information content (AvgIpc) is 3.11. The van der Waals surface area contributed by atoms with Crippen molar-refractivity contribution < 1.29 is 24.0 Å². The van der Waals surface area contributed by atoms with Crippen LogP contribution >= 0.6 is 0 Å². The van der Waals surface area contributed by atoms with Crippen LogP contribution in [0.3, 0.4) is 0 Å². The molecule has 2 N–H and O–H groups in total. The molecule has 3 amide bonds. The maximum Gasteiger partial charge on any atom is 0.272 e. The Kier molecular flexibility index (Phi) is 8.24. The molecule has 210 valence electrons. The maximum absolute atomic E-state index is 14.1. The van der Waals surface area contributed by atoms with E-state index in [9.17, 15) is 24.0 Å². The fourth-order valence-corrected chi connectivity index (χ4v) is 4.84. The third-order valence-corrected chi connectivity index (χ3v) is 6.73. The molecule has 0 aliphatic carbocycles. The van der Waals surface area contributed by atoms with Crippen molar-refractivity contribution in [3.8, 4) is 0 Å². The summed E-state index contributed by atoms with van der Waals surface area (Å²) in [7, 11) is 0. The molecule has 4 aromatic rings. The Hall–Kier alpha value is -5.51. The third kappa shape index (κ3) is 5.97. The zero-order valence-corrected chi connectivity index (χ0v) is 22.7. The Morgan fingerprint density at radius 2 is 1.67 bits per heavy atom. The molecule has 0 saturated heterocycles. The van der Waals surface area contributed by atoms with Crippen LogP contribution in [0.5, 0.6) is 0 Å². The highest BCUT2D eigenvalue weighted by Crippen LogP contribution is 2.28. The molecule has 5 rings (SSSR count). The van der Waals surface area contributed by atoms with Crippen LogP contribution in [0, 0.1) is 0 Å². The van der Waals surface area contributed by atoms with Crippen LogP contribution in [-0.2, 0) is 19.2 Å². The lowest BCUT2D eigenvalue weighted by molar-refractivity contribution is -0.126. The van der Waals surface area contributed by atoms with Crippen LogP contribution in [0.1, 0.15) is 35.0 Å². The van der Waals surface area contributed by atoms with Crippen molar-refractivity contribution in [2.75, 3.05) is 11.4 Å². The van der Waals surface area contributed by atoms with E-state index in [0.717, 1.165) is 5.39 Å². The van der Waals surface area contributed by atoms with E-state index >= 15 is 0 Å². The van der Waals surface area contributed by atoms with Gasteiger partial charge < -0.3 is 15.4 Å². The number of fused-ring (bicyclic) bond motifs is 2. The summed E-state index contributed by atoms with van der Waals surface area (Å²) in [5.41, 5.74) is 2.24. The van der Waals surface area contributed by atoms with Gasteiger partial charge in [-0.25, -0.2) is 4.99 Å². The number of para-hydroxylation sites is 1. The fraction of sp³-hybridized carbons (Fsp3) is 0.156. The van der Waals surface area contributed by atoms with E-state index < -0.39 is 36.5 Å². The summed E-state index contributed by atoms with van der Waals surface area (Å²) in [6.45, 7) is 0.840. The van der Waals surface area contributed by atoms with Gasteiger partial charge in [-0.1, -0.05) is 72.8 Å². The van der Waals surface area contributed by atoms with Gasteiger partial charge in [-0.15, -0.1) is 0 Å². The molecule has 0 fully saturated rings. The van der Waals surface area contributed by atoms with Crippen molar-refractivity contribution in [1.82, 2.24) is 15.6 Å². The number of ketones is 1. The second kappa shape index (κ2) is 12.3. The Labute approximate surface area is 241 Å².